The maximum Gasteiger partial charge on any atom is 0.258 e. The largest absolute Gasteiger partial charge is 0.357 e. The molecule has 2 aromatic carbocycles. The lowest BCUT2D eigenvalue weighted by Gasteiger charge is -2.18. The molecular weight excluding hydrogens is 482 g/mol. The zero-order valence-electron chi connectivity index (χ0n) is 17.3. The Balaban J connectivity index is 0.00000306. The predicted octanol–water partition coefficient (Wildman–Crippen LogP) is 5.41. The molecule has 0 radical (unpaired) electrons. The Hall–Kier alpha value is -3.52. The molecule has 3 aromatic rings. The Morgan fingerprint density at radius 2 is 1.55 bits per heavy atom. The van der Waals surface area contributed by atoms with Crippen molar-refractivity contribution in [2.45, 2.75) is 20.3 Å². The molecule has 0 bridgehead atoms. The van der Waals surface area contributed by atoms with Gasteiger partial charge in [-0.1, -0.05) is 31.7 Å². The summed E-state index contributed by atoms with van der Waals surface area (Å²) in [5, 5.41) is 13.9. The number of likely N-dealkylation sites (tertiary alicyclic amines) is 1. The molecule has 0 saturated carbocycles. The standard InChI is InChI=1S/C24H22BrN5O2.CH4/c25-18-11-12-21(27-15-18)29-24(32)19-5-1-2-6-20(19)28-23(31)17-9-7-16(8-10-17)22(26)30-13-3-4-14-30;/h1-2,5-12,15,26H,3-4,13-14H2,(H,28,31)(H,27,29,32);1H4. The molecule has 2 heterocycles. The molecule has 170 valence electrons. The molecule has 4 rings (SSSR count). The first kappa shape index (κ1) is 24.1. The van der Waals surface area contributed by atoms with Crippen LogP contribution in [0.2, 0.25) is 0 Å². The van der Waals surface area contributed by atoms with E-state index in [-0.39, 0.29) is 19.2 Å². The Morgan fingerprint density at radius 3 is 2.21 bits per heavy atom. The summed E-state index contributed by atoms with van der Waals surface area (Å²) < 4.78 is 0.810. The highest BCUT2D eigenvalue weighted by molar-refractivity contribution is 9.10. The first-order chi connectivity index (χ1) is 15.5. The third-order valence-corrected chi connectivity index (χ3v) is 5.70. The van der Waals surface area contributed by atoms with Crippen molar-refractivity contribution in [3.05, 3.63) is 88.0 Å². The van der Waals surface area contributed by atoms with E-state index in [0.717, 1.165) is 36.0 Å². The van der Waals surface area contributed by atoms with E-state index in [4.69, 9.17) is 5.41 Å². The van der Waals surface area contributed by atoms with Crippen molar-refractivity contribution >= 4 is 45.1 Å². The van der Waals surface area contributed by atoms with E-state index < -0.39 is 0 Å². The van der Waals surface area contributed by atoms with Gasteiger partial charge in [0.1, 0.15) is 11.7 Å². The molecule has 1 aromatic heterocycles. The number of hydrogen-bond acceptors (Lipinski definition) is 4. The average Bonchev–Trinajstić information content (AvgIpc) is 3.35. The lowest BCUT2D eigenvalue weighted by atomic mass is 10.1. The van der Waals surface area contributed by atoms with Crippen LogP contribution in [-0.2, 0) is 0 Å². The molecule has 0 unspecified atom stereocenters. The second-order valence-electron chi connectivity index (χ2n) is 7.44. The fourth-order valence-electron chi connectivity index (χ4n) is 3.52. The van der Waals surface area contributed by atoms with Gasteiger partial charge in [0, 0.05) is 34.9 Å². The Bertz CT molecular complexity index is 1140. The van der Waals surface area contributed by atoms with Crippen molar-refractivity contribution in [3.63, 3.8) is 0 Å². The Labute approximate surface area is 201 Å². The molecule has 0 aliphatic carbocycles. The first-order valence-corrected chi connectivity index (χ1v) is 11.1. The van der Waals surface area contributed by atoms with Crippen LogP contribution in [0.3, 0.4) is 0 Å². The van der Waals surface area contributed by atoms with E-state index >= 15 is 0 Å². The fourth-order valence-corrected chi connectivity index (χ4v) is 3.76. The van der Waals surface area contributed by atoms with Crippen molar-refractivity contribution in [2.24, 2.45) is 0 Å². The van der Waals surface area contributed by atoms with Gasteiger partial charge in [0.2, 0.25) is 0 Å². The molecule has 7 nitrogen and oxygen atoms in total. The van der Waals surface area contributed by atoms with Crippen LogP contribution in [0.25, 0.3) is 0 Å². The minimum atomic E-state index is -0.370. The summed E-state index contributed by atoms with van der Waals surface area (Å²) in [5.74, 6) is 0.199. The van der Waals surface area contributed by atoms with Crippen molar-refractivity contribution in [1.82, 2.24) is 9.88 Å². The van der Waals surface area contributed by atoms with Gasteiger partial charge in [-0.25, -0.2) is 4.98 Å². The van der Waals surface area contributed by atoms with Crippen molar-refractivity contribution in [2.75, 3.05) is 23.7 Å². The summed E-state index contributed by atoms with van der Waals surface area (Å²) in [6, 6.07) is 17.2. The van der Waals surface area contributed by atoms with Crippen molar-refractivity contribution in [1.29, 1.82) is 5.41 Å². The normalized spacial score (nSPS) is 12.6. The summed E-state index contributed by atoms with van der Waals surface area (Å²) in [6.45, 7) is 1.80. The van der Waals surface area contributed by atoms with Crippen LogP contribution < -0.4 is 10.6 Å². The number of anilines is 2. The topological polar surface area (TPSA) is 98.2 Å². The number of nitrogens with one attached hydrogen (secondary N) is 3. The van der Waals surface area contributed by atoms with Crippen LogP contribution in [-0.4, -0.2) is 40.6 Å². The van der Waals surface area contributed by atoms with Crippen LogP contribution in [0.5, 0.6) is 0 Å². The van der Waals surface area contributed by atoms with Gasteiger partial charge in [-0.05, 0) is 65.2 Å². The van der Waals surface area contributed by atoms with Gasteiger partial charge in [-0.2, -0.15) is 0 Å². The summed E-state index contributed by atoms with van der Waals surface area (Å²) >= 11 is 3.31. The van der Waals surface area contributed by atoms with Gasteiger partial charge >= 0.3 is 0 Å². The average molecular weight is 508 g/mol. The van der Waals surface area contributed by atoms with Gasteiger partial charge in [-0.3, -0.25) is 15.0 Å². The number of aromatic nitrogens is 1. The SMILES string of the molecule is C.N=C(c1ccc(C(=O)Nc2ccccc2C(=O)Nc2ccc(Br)cn2)cc1)N1CCCC1. The molecular formula is C25H26BrN5O2. The van der Waals surface area contributed by atoms with Gasteiger partial charge in [0.25, 0.3) is 11.8 Å². The van der Waals surface area contributed by atoms with Crippen molar-refractivity contribution < 1.29 is 9.59 Å². The fraction of sp³-hybridized carbons (Fsp3) is 0.200. The third kappa shape index (κ3) is 5.84. The van der Waals surface area contributed by atoms with Crippen molar-refractivity contribution in [3.8, 4) is 0 Å². The second kappa shape index (κ2) is 10.9. The maximum absolute atomic E-state index is 12.8. The van der Waals surface area contributed by atoms with E-state index in [0.29, 0.717) is 28.5 Å². The smallest absolute Gasteiger partial charge is 0.258 e. The van der Waals surface area contributed by atoms with Gasteiger partial charge < -0.3 is 15.5 Å². The molecule has 1 fully saturated rings. The number of amides is 2. The summed E-state index contributed by atoms with van der Waals surface area (Å²) in [4.78, 5) is 31.7. The number of nitrogens with zero attached hydrogens (tertiary/aromatic N) is 2. The number of hydrogen-bond donors (Lipinski definition) is 3. The van der Waals surface area contributed by atoms with Crippen LogP contribution >= 0.6 is 15.9 Å². The van der Waals surface area contributed by atoms with Gasteiger partial charge in [0.15, 0.2) is 0 Å². The van der Waals surface area contributed by atoms with Crippen LogP contribution in [0.15, 0.2) is 71.3 Å². The summed E-state index contributed by atoms with van der Waals surface area (Å²) in [7, 11) is 0. The number of carbonyl (C=O) groups excluding carboxylic acids is 2. The molecule has 0 spiro atoms. The first-order valence-electron chi connectivity index (χ1n) is 10.3. The minimum Gasteiger partial charge on any atom is -0.357 e. The van der Waals surface area contributed by atoms with E-state index in [1.165, 1.54) is 0 Å². The number of halogens is 1. The summed E-state index contributed by atoms with van der Waals surface area (Å²) in [5.41, 5.74) is 1.97. The Kier molecular flexibility index (Phi) is 7.95. The van der Waals surface area contributed by atoms with Gasteiger partial charge in [0.05, 0.1) is 11.3 Å². The van der Waals surface area contributed by atoms with Gasteiger partial charge in [-0.15, -0.1) is 0 Å². The van der Waals surface area contributed by atoms with E-state index in [1.807, 2.05) is 4.90 Å². The lowest BCUT2D eigenvalue weighted by Crippen LogP contribution is -2.27. The van der Waals surface area contributed by atoms with E-state index in [1.54, 1.807) is 66.9 Å². The summed E-state index contributed by atoms with van der Waals surface area (Å²) in [6.07, 6.45) is 3.80. The molecule has 8 heteroatoms. The third-order valence-electron chi connectivity index (χ3n) is 5.23. The number of rotatable bonds is 5. The second-order valence-corrected chi connectivity index (χ2v) is 8.35. The van der Waals surface area contributed by atoms with Crippen LogP contribution in [0.1, 0.15) is 46.5 Å². The van der Waals surface area contributed by atoms with E-state index in [9.17, 15) is 9.59 Å². The molecule has 1 aliphatic heterocycles. The predicted molar refractivity (Wildman–Crippen MR) is 135 cm³/mol. The Morgan fingerprint density at radius 1 is 0.879 bits per heavy atom. The molecule has 1 aliphatic rings. The number of para-hydroxylation sites is 1. The number of benzene rings is 2. The zero-order valence-corrected chi connectivity index (χ0v) is 18.9. The number of amidine groups is 1. The van der Waals surface area contributed by atoms with Crippen LogP contribution in [0.4, 0.5) is 11.5 Å². The van der Waals surface area contributed by atoms with Crippen LogP contribution in [0, 0.1) is 5.41 Å². The molecule has 3 N–H and O–H groups in total. The minimum absolute atomic E-state index is 0. The molecule has 2 amide bonds. The highest BCUT2D eigenvalue weighted by Crippen LogP contribution is 2.19. The highest BCUT2D eigenvalue weighted by atomic mass is 79.9. The number of pyridine rings is 1. The monoisotopic (exact) mass is 507 g/mol. The molecule has 0 atom stereocenters. The highest BCUT2D eigenvalue weighted by Gasteiger charge is 2.18. The molecule has 33 heavy (non-hydrogen) atoms. The molecule has 1 saturated heterocycles. The lowest BCUT2D eigenvalue weighted by molar-refractivity contribution is 0.102. The number of carbonyl (C=O) groups is 2. The maximum atomic E-state index is 12.8. The zero-order chi connectivity index (χ0) is 22.5. The van der Waals surface area contributed by atoms with E-state index in [2.05, 4.69) is 31.5 Å². The quantitative estimate of drug-likeness (QED) is 0.317.